The molecular formula is C28H25NO3S2. The molecule has 0 saturated heterocycles. The molecule has 2 N–H and O–H groups in total. The number of benzene rings is 4. The largest absolute Gasteiger partial charge is 0.368 e. The zero-order valence-electron chi connectivity index (χ0n) is 18.4. The maximum Gasteiger partial charge on any atom is 0.246 e. The van der Waals surface area contributed by atoms with E-state index in [9.17, 15) is 13.2 Å². The average molecular weight is 488 g/mol. The minimum absolute atomic E-state index is 0.656. The van der Waals surface area contributed by atoms with Gasteiger partial charge in [-0.05, 0) is 22.3 Å². The van der Waals surface area contributed by atoms with Gasteiger partial charge in [-0.3, -0.25) is 13.2 Å². The minimum Gasteiger partial charge on any atom is -0.368 e. The minimum atomic E-state index is -1.90. The first-order chi connectivity index (χ1) is 16.6. The SMILES string of the molecule is NC(=O)C(S(=O)C(c1ccccc1)c1ccccc1)S(=O)C(c1ccccc1)c1ccccc1. The van der Waals surface area contributed by atoms with E-state index in [2.05, 4.69) is 0 Å². The van der Waals surface area contributed by atoms with Crippen molar-refractivity contribution in [3.63, 3.8) is 0 Å². The standard InChI is InChI=1S/C28H25NO3S2/c29-27(30)28(33(31)25(21-13-5-1-6-14-21)22-15-7-2-8-16-22)34(32)26(23-17-9-3-10-18-23)24-19-11-4-12-20-24/h1-20,25-26,28H,(H2,29,30). The third kappa shape index (κ3) is 5.24. The second-order valence-electron chi connectivity index (χ2n) is 7.79. The highest BCUT2D eigenvalue weighted by Crippen LogP contribution is 2.36. The molecule has 0 fully saturated rings. The maximum absolute atomic E-state index is 14.1. The number of carbonyl (C=O) groups excluding carboxylic acids is 1. The maximum atomic E-state index is 14.1. The van der Waals surface area contributed by atoms with Crippen LogP contribution in [0.1, 0.15) is 32.8 Å². The molecule has 2 unspecified atom stereocenters. The normalized spacial score (nSPS) is 13.9. The van der Waals surface area contributed by atoms with Gasteiger partial charge in [0.1, 0.15) is 0 Å². The van der Waals surface area contributed by atoms with Gasteiger partial charge in [-0.1, -0.05) is 121 Å². The summed E-state index contributed by atoms with van der Waals surface area (Å²) in [5.41, 5.74) is 8.88. The molecule has 34 heavy (non-hydrogen) atoms. The quantitative estimate of drug-likeness (QED) is 0.366. The molecule has 0 radical (unpaired) electrons. The van der Waals surface area contributed by atoms with Crippen molar-refractivity contribution in [3.8, 4) is 0 Å². The zero-order chi connectivity index (χ0) is 23.9. The summed E-state index contributed by atoms with van der Waals surface area (Å²) < 4.78 is 26.8. The van der Waals surface area contributed by atoms with Crippen molar-refractivity contribution >= 4 is 27.5 Å². The van der Waals surface area contributed by atoms with Crippen LogP contribution in [-0.2, 0) is 26.4 Å². The molecule has 0 heterocycles. The summed E-state index contributed by atoms with van der Waals surface area (Å²) in [5.74, 6) is -0.842. The summed E-state index contributed by atoms with van der Waals surface area (Å²) in [4.78, 5) is 12.8. The fourth-order valence-electron chi connectivity index (χ4n) is 4.00. The van der Waals surface area contributed by atoms with E-state index in [4.69, 9.17) is 5.73 Å². The van der Waals surface area contributed by atoms with Gasteiger partial charge in [-0.2, -0.15) is 0 Å². The number of hydrogen-bond acceptors (Lipinski definition) is 3. The second-order valence-corrected chi connectivity index (χ2v) is 11.3. The average Bonchev–Trinajstić information content (AvgIpc) is 2.87. The Morgan fingerprint density at radius 3 is 0.941 bits per heavy atom. The molecule has 0 aliphatic rings. The number of carbonyl (C=O) groups is 1. The van der Waals surface area contributed by atoms with E-state index in [0.717, 1.165) is 22.3 Å². The van der Waals surface area contributed by atoms with Crippen LogP contribution in [0.2, 0.25) is 0 Å². The van der Waals surface area contributed by atoms with Crippen LogP contribution < -0.4 is 5.73 Å². The summed E-state index contributed by atoms with van der Waals surface area (Å²) in [6, 6.07) is 37.3. The fraction of sp³-hybridized carbons (Fsp3) is 0.107. The van der Waals surface area contributed by atoms with Crippen LogP contribution in [0.25, 0.3) is 0 Å². The summed E-state index contributed by atoms with van der Waals surface area (Å²) in [6.07, 6.45) is 0. The summed E-state index contributed by atoms with van der Waals surface area (Å²) in [5, 5.41) is -1.31. The molecule has 6 heteroatoms. The van der Waals surface area contributed by atoms with Crippen molar-refractivity contribution in [2.24, 2.45) is 5.73 Å². The Morgan fingerprint density at radius 1 is 0.500 bits per heavy atom. The van der Waals surface area contributed by atoms with Gasteiger partial charge < -0.3 is 5.73 Å². The second kappa shape index (κ2) is 11.2. The van der Waals surface area contributed by atoms with Gasteiger partial charge in [-0.25, -0.2) is 0 Å². The number of amides is 1. The molecule has 172 valence electrons. The summed E-state index contributed by atoms with van der Waals surface area (Å²) in [6.45, 7) is 0. The highest BCUT2D eigenvalue weighted by atomic mass is 32.2. The lowest BCUT2D eigenvalue weighted by Gasteiger charge is -2.26. The van der Waals surface area contributed by atoms with Crippen molar-refractivity contribution in [1.29, 1.82) is 0 Å². The lowest BCUT2D eigenvalue weighted by Crippen LogP contribution is -2.40. The van der Waals surface area contributed by atoms with Gasteiger partial charge >= 0.3 is 0 Å². The highest BCUT2D eigenvalue weighted by Gasteiger charge is 2.40. The number of hydrogen-bond donors (Lipinski definition) is 1. The molecule has 4 aromatic carbocycles. The van der Waals surface area contributed by atoms with Gasteiger partial charge in [-0.15, -0.1) is 0 Å². The number of nitrogens with two attached hydrogens (primary N) is 1. The molecule has 0 aliphatic carbocycles. The van der Waals surface area contributed by atoms with Crippen LogP contribution in [0.15, 0.2) is 121 Å². The molecule has 0 bridgehead atoms. The Labute approximate surface area is 204 Å². The first-order valence-corrected chi connectivity index (χ1v) is 13.4. The third-order valence-corrected chi connectivity index (χ3v) is 9.99. The molecule has 1 amide bonds. The lowest BCUT2D eigenvalue weighted by atomic mass is 10.0. The van der Waals surface area contributed by atoms with Crippen molar-refractivity contribution < 1.29 is 13.2 Å². The first kappa shape index (κ1) is 23.8. The van der Waals surface area contributed by atoms with Gasteiger partial charge in [0.2, 0.25) is 5.91 Å². The Morgan fingerprint density at radius 2 is 0.735 bits per heavy atom. The Kier molecular flexibility index (Phi) is 7.83. The van der Waals surface area contributed by atoms with Crippen LogP contribution in [0.5, 0.6) is 0 Å². The van der Waals surface area contributed by atoms with Gasteiger partial charge in [0, 0.05) is 0 Å². The number of primary amides is 1. The molecule has 2 atom stereocenters. The van der Waals surface area contributed by atoms with Crippen molar-refractivity contribution in [2.45, 2.75) is 15.1 Å². The van der Waals surface area contributed by atoms with Crippen LogP contribution in [0, 0.1) is 0 Å². The molecule has 4 aromatic rings. The molecular weight excluding hydrogens is 462 g/mol. The van der Waals surface area contributed by atoms with E-state index in [1.54, 1.807) is 0 Å². The third-order valence-electron chi connectivity index (χ3n) is 5.53. The van der Waals surface area contributed by atoms with E-state index < -0.39 is 42.6 Å². The molecule has 0 aromatic heterocycles. The van der Waals surface area contributed by atoms with Crippen LogP contribution in [-0.4, -0.2) is 18.9 Å². The van der Waals surface area contributed by atoms with Crippen molar-refractivity contribution in [3.05, 3.63) is 144 Å². The molecule has 4 rings (SSSR count). The van der Waals surface area contributed by atoms with E-state index >= 15 is 0 Å². The van der Waals surface area contributed by atoms with Gasteiger partial charge in [0.25, 0.3) is 0 Å². The van der Waals surface area contributed by atoms with Crippen LogP contribution >= 0.6 is 0 Å². The van der Waals surface area contributed by atoms with Crippen LogP contribution in [0.4, 0.5) is 0 Å². The molecule has 0 aliphatic heterocycles. The van der Waals surface area contributed by atoms with Crippen molar-refractivity contribution in [1.82, 2.24) is 0 Å². The smallest absolute Gasteiger partial charge is 0.246 e. The van der Waals surface area contributed by atoms with Gasteiger partial charge in [0.05, 0.1) is 32.1 Å². The zero-order valence-corrected chi connectivity index (χ0v) is 20.0. The summed E-state index contributed by atoms with van der Waals surface area (Å²) in [7, 11) is -3.80. The summed E-state index contributed by atoms with van der Waals surface area (Å²) >= 11 is 0. The fourth-order valence-corrected chi connectivity index (χ4v) is 8.07. The van der Waals surface area contributed by atoms with E-state index in [0.29, 0.717) is 0 Å². The Balaban J connectivity index is 1.81. The van der Waals surface area contributed by atoms with E-state index in [-0.39, 0.29) is 0 Å². The molecule has 4 nitrogen and oxygen atoms in total. The highest BCUT2D eigenvalue weighted by molar-refractivity contribution is 8.04. The first-order valence-electron chi connectivity index (χ1n) is 10.9. The van der Waals surface area contributed by atoms with Crippen molar-refractivity contribution in [2.75, 3.05) is 0 Å². The lowest BCUT2D eigenvalue weighted by molar-refractivity contribution is -0.116. The van der Waals surface area contributed by atoms with Gasteiger partial charge in [0.15, 0.2) is 4.58 Å². The Bertz CT molecular complexity index is 1090. The van der Waals surface area contributed by atoms with Crippen LogP contribution in [0.3, 0.4) is 0 Å². The Hall–Kier alpha value is -3.35. The van der Waals surface area contributed by atoms with E-state index in [1.165, 1.54) is 0 Å². The molecule has 0 saturated carbocycles. The predicted octanol–water partition coefficient (Wildman–Crippen LogP) is 4.87. The van der Waals surface area contributed by atoms with E-state index in [1.807, 2.05) is 121 Å². The predicted molar refractivity (Wildman–Crippen MR) is 139 cm³/mol. The number of rotatable bonds is 9. The topological polar surface area (TPSA) is 77.2 Å². The monoisotopic (exact) mass is 487 g/mol. The molecule has 0 spiro atoms.